The Labute approximate surface area is 120 Å². The third-order valence-corrected chi connectivity index (χ3v) is 2.53. The van der Waals surface area contributed by atoms with Gasteiger partial charge in [-0.15, -0.1) is 0 Å². The molecule has 0 aromatic heterocycles. The van der Waals surface area contributed by atoms with Crippen LogP contribution in [0.25, 0.3) is 0 Å². The van der Waals surface area contributed by atoms with Crippen LogP contribution in [-0.4, -0.2) is 11.1 Å². The Kier molecular flexibility index (Phi) is 4.64. The molecule has 1 aromatic rings. The van der Waals surface area contributed by atoms with E-state index in [-0.39, 0.29) is 22.5 Å². The predicted octanol–water partition coefficient (Wildman–Crippen LogP) is 1.80. The summed E-state index contributed by atoms with van der Waals surface area (Å²) in [7, 11) is 0. The highest BCUT2D eigenvalue weighted by atomic mass is 16.4. The van der Waals surface area contributed by atoms with E-state index in [1.165, 1.54) is 6.07 Å². The Morgan fingerprint density at radius 2 is 1.76 bits per heavy atom. The molecule has 0 bridgehead atoms. The first kappa shape index (κ1) is 15.2. The van der Waals surface area contributed by atoms with E-state index in [9.17, 15) is 9.90 Å². The lowest BCUT2D eigenvalue weighted by Crippen LogP contribution is -2.09. The lowest BCUT2D eigenvalue weighted by Gasteiger charge is -2.12. The lowest BCUT2D eigenvalue weighted by molar-refractivity contribution is 0.0698. The molecule has 0 aliphatic heterocycles. The fourth-order valence-electron chi connectivity index (χ4n) is 1.59. The molecule has 2 N–H and O–H groups in total. The van der Waals surface area contributed by atoms with Crippen molar-refractivity contribution < 1.29 is 9.90 Å². The number of hydrogen-bond acceptors (Lipinski definition) is 6. The van der Waals surface area contributed by atoms with Gasteiger partial charge in [-0.2, -0.15) is 21.0 Å². The van der Waals surface area contributed by atoms with Crippen molar-refractivity contribution in [1.82, 2.24) is 0 Å². The summed E-state index contributed by atoms with van der Waals surface area (Å²) < 4.78 is 0. The number of allylic oxidation sites excluding steroid dienone is 2. The van der Waals surface area contributed by atoms with Gasteiger partial charge in [0.25, 0.3) is 0 Å². The number of benzene rings is 1. The lowest BCUT2D eigenvalue weighted by atomic mass is 10.0. The van der Waals surface area contributed by atoms with Crippen LogP contribution in [0.2, 0.25) is 0 Å². The maximum absolute atomic E-state index is 11.2. The van der Waals surface area contributed by atoms with Crippen LogP contribution < -0.4 is 5.32 Å². The second kappa shape index (κ2) is 6.38. The molecule has 0 saturated heterocycles. The topological polar surface area (TPSA) is 144 Å². The standard InChI is InChI=1S/C14H7N5O2/c1-8-2-9(4-15)3-11(14(20)21)13(8)19-12(7-18)10(5-16)6-17/h2-3,19H,1H3,(H,20,21). The average molecular weight is 277 g/mol. The van der Waals surface area contributed by atoms with Crippen molar-refractivity contribution in [1.29, 1.82) is 21.0 Å². The van der Waals surface area contributed by atoms with Gasteiger partial charge in [0.15, 0.2) is 5.57 Å². The van der Waals surface area contributed by atoms with E-state index in [1.807, 2.05) is 6.07 Å². The Bertz CT molecular complexity index is 794. The van der Waals surface area contributed by atoms with Gasteiger partial charge in [-0.05, 0) is 24.6 Å². The maximum atomic E-state index is 11.2. The highest BCUT2D eigenvalue weighted by Gasteiger charge is 2.17. The zero-order valence-corrected chi connectivity index (χ0v) is 10.8. The first-order chi connectivity index (χ1) is 9.98. The van der Waals surface area contributed by atoms with E-state index in [0.717, 1.165) is 6.07 Å². The Morgan fingerprint density at radius 3 is 2.19 bits per heavy atom. The van der Waals surface area contributed by atoms with Gasteiger partial charge in [0.05, 0.1) is 22.9 Å². The van der Waals surface area contributed by atoms with Gasteiger partial charge in [-0.1, -0.05) is 0 Å². The Morgan fingerprint density at radius 1 is 1.14 bits per heavy atom. The van der Waals surface area contributed by atoms with Gasteiger partial charge in [0.1, 0.15) is 23.9 Å². The van der Waals surface area contributed by atoms with Crippen molar-refractivity contribution in [3.63, 3.8) is 0 Å². The minimum absolute atomic E-state index is 0.0565. The molecule has 0 spiro atoms. The Balaban J connectivity index is 3.54. The molecule has 0 unspecified atom stereocenters. The third kappa shape index (κ3) is 3.15. The molecule has 0 amide bonds. The molecule has 100 valence electrons. The summed E-state index contributed by atoms with van der Waals surface area (Å²) in [6, 6.07) is 9.14. The molecule has 7 heteroatoms. The third-order valence-electron chi connectivity index (χ3n) is 2.53. The highest BCUT2D eigenvalue weighted by molar-refractivity contribution is 5.96. The monoisotopic (exact) mass is 277 g/mol. The number of carbonyl (C=O) groups is 1. The van der Waals surface area contributed by atoms with Gasteiger partial charge in [-0.3, -0.25) is 0 Å². The number of rotatable bonds is 3. The fourth-order valence-corrected chi connectivity index (χ4v) is 1.59. The number of nitriles is 4. The summed E-state index contributed by atoms with van der Waals surface area (Å²) >= 11 is 0. The second-order valence-electron chi connectivity index (χ2n) is 3.84. The van der Waals surface area contributed by atoms with Crippen LogP contribution in [0, 0.1) is 52.2 Å². The van der Waals surface area contributed by atoms with Crippen molar-refractivity contribution in [2.45, 2.75) is 6.92 Å². The number of nitrogens with zero attached hydrogens (tertiary/aromatic N) is 4. The fraction of sp³-hybridized carbons (Fsp3) is 0.0714. The predicted molar refractivity (Wildman–Crippen MR) is 70.3 cm³/mol. The molecule has 1 rings (SSSR count). The van der Waals surface area contributed by atoms with Crippen LogP contribution in [0.15, 0.2) is 23.4 Å². The minimum Gasteiger partial charge on any atom is -0.478 e. The summed E-state index contributed by atoms with van der Waals surface area (Å²) in [4.78, 5) is 11.2. The SMILES string of the molecule is Cc1cc(C#N)cc(C(=O)O)c1NC(C#N)=C(C#N)C#N. The van der Waals surface area contributed by atoms with Crippen LogP contribution in [0.3, 0.4) is 0 Å². The summed E-state index contributed by atoms with van der Waals surface area (Å²) in [5, 5.41) is 47.0. The molecule has 0 heterocycles. The van der Waals surface area contributed by atoms with Gasteiger partial charge >= 0.3 is 5.97 Å². The molecule has 7 nitrogen and oxygen atoms in total. The summed E-state index contributed by atoms with van der Waals surface area (Å²) in [5.74, 6) is -1.30. The van der Waals surface area contributed by atoms with Gasteiger partial charge in [-0.25, -0.2) is 4.79 Å². The molecule has 0 atom stereocenters. The number of carboxylic acids is 1. The van der Waals surface area contributed by atoms with Gasteiger partial charge < -0.3 is 10.4 Å². The summed E-state index contributed by atoms with van der Waals surface area (Å²) in [6.45, 7) is 1.54. The molecule has 0 aliphatic carbocycles. The number of nitrogens with one attached hydrogen (secondary N) is 1. The van der Waals surface area contributed by atoms with Crippen LogP contribution in [0.4, 0.5) is 5.69 Å². The Hall–Kier alpha value is -3.81. The quantitative estimate of drug-likeness (QED) is 0.801. The molecule has 21 heavy (non-hydrogen) atoms. The van der Waals surface area contributed by atoms with E-state index in [0.29, 0.717) is 5.56 Å². The normalized spacial score (nSPS) is 8.43. The average Bonchev–Trinajstić information content (AvgIpc) is 2.47. The molecule has 1 aromatic carbocycles. The van der Waals surface area contributed by atoms with Gasteiger partial charge in [0.2, 0.25) is 0 Å². The second-order valence-corrected chi connectivity index (χ2v) is 3.84. The molecule has 0 aliphatic rings. The zero-order valence-electron chi connectivity index (χ0n) is 10.8. The highest BCUT2D eigenvalue weighted by Crippen LogP contribution is 2.25. The van der Waals surface area contributed by atoms with Crippen molar-refractivity contribution in [3.8, 4) is 24.3 Å². The van der Waals surface area contributed by atoms with E-state index in [2.05, 4.69) is 5.32 Å². The van der Waals surface area contributed by atoms with Crippen molar-refractivity contribution >= 4 is 11.7 Å². The molecular formula is C14H7N5O2. The van der Waals surface area contributed by atoms with Crippen LogP contribution in [-0.2, 0) is 0 Å². The summed E-state index contributed by atoms with van der Waals surface area (Å²) in [6.07, 6.45) is 0. The first-order valence-electron chi connectivity index (χ1n) is 5.48. The summed E-state index contributed by atoms with van der Waals surface area (Å²) in [5.41, 5.74) is -0.434. The van der Waals surface area contributed by atoms with E-state index < -0.39 is 11.5 Å². The van der Waals surface area contributed by atoms with Gasteiger partial charge in [0, 0.05) is 0 Å². The number of hydrogen-bond donors (Lipinski definition) is 2. The van der Waals surface area contributed by atoms with E-state index in [1.54, 1.807) is 25.1 Å². The molecular weight excluding hydrogens is 270 g/mol. The molecule has 0 radical (unpaired) electrons. The molecule has 0 saturated carbocycles. The van der Waals surface area contributed by atoms with Crippen LogP contribution in [0.1, 0.15) is 21.5 Å². The molecule has 0 fully saturated rings. The number of aromatic carboxylic acids is 1. The maximum Gasteiger partial charge on any atom is 0.337 e. The van der Waals surface area contributed by atoms with Crippen LogP contribution in [0.5, 0.6) is 0 Å². The number of anilines is 1. The van der Waals surface area contributed by atoms with Crippen molar-refractivity contribution in [2.24, 2.45) is 0 Å². The van der Waals surface area contributed by atoms with E-state index in [4.69, 9.17) is 21.0 Å². The largest absolute Gasteiger partial charge is 0.478 e. The van der Waals surface area contributed by atoms with E-state index >= 15 is 0 Å². The number of aryl methyl sites for hydroxylation is 1. The zero-order chi connectivity index (χ0) is 16.0. The van der Waals surface area contributed by atoms with Crippen molar-refractivity contribution in [3.05, 3.63) is 40.1 Å². The smallest absolute Gasteiger partial charge is 0.337 e. The first-order valence-corrected chi connectivity index (χ1v) is 5.48. The van der Waals surface area contributed by atoms with Crippen LogP contribution >= 0.6 is 0 Å². The minimum atomic E-state index is -1.30. The van der Waals surface area contributed by atoms with Crippen molar-refractivity contribution in [2.75, 3.05) is 5.32 Å². The number of carboxylic acid groups (broad SMARTS) is 1.